The Balaban J connectivity index is 1.67. The molecule has 5 nitrogen and oxygen atoms in total. The summed E-state index contributed by atoms with van der Waals surface area (Å²) in [5.41, 5.74) is 2.96. The third kappa shape index (κ3) is 9.84. The lowest BCUT2D eigenvalue weighted by atomic mass is 10.1. The molecule has 0 aliphatic heterocycles. The molecule has 0 aromatic carbocycles. The number of aromatic nitrogens is 3. The van der Waals surface area contributed by atoms with E-state index in [1.54, 1.807) is 12.4 Å². The molecule has 0 aliphatic rings. The van der Waals surface area contributed by atoms with Gasteiger partial charge in [0.15, 0.2) is 0 Å². The van der Waals surface area contributed by atoms with E-state index in [0.717, 1.165) is 55.8 Å². The number of hydrogen-bond donors (Lipinski definition) is 0. The molecular formula is C24H37N3O2. The third-order valence-electron chi connectivity index (χ3n) is 4.86. The molecule has 0 aliphatic carbocycles. The number of pyridine rings is 1. The van der Waals surface area contributed by atoms with Gasteiger partial charge in [0.25, 0.3) is 0 Å². The first-order valence-corrected chi connectivity index (χ1v) is 11.3. The van der Waals surface area contributed by atoms with E-state index in [4.69, 9.17) is 9.47 Å². The first-order chi connectivity index (χ1) is 14.3. The maximum absolute atomic E-state index is 5.67. The summed E-state index contributed by atoms with van der Waals surface area (Å²) in [4.78, 5) is 13.4. The average Bonchev–Trinajstić information content (AvgIpc) is 2.76. The second kappa shape index (κ2) is 14.9. The molecule has 0 N–H and O–H groups in total. The van der Waals surface area contributed by atoms with Crippen LogP contribution >= 0.6 is 0 Å². The van der Waals surface area contributed by atoms with E-state index < -0.39 is 0 Å². The van der Waals surface area contributed by atoms with Crippen LogP contribution in [0.5, 0.6) is 5.88 Å². The Kier molecular flexibility index (Phi) is 12.0. The van der Waals surface area contributed by atoms with Gasteiger partial charge in [0.2, 0.25) is 5.88 Å². The Labute approximate surface area is 176 Å². The predicted octanol–water partition coefficient (Wildman–Crippen LogP) is 6.03. The van der Waals surface area contributed by atoms with Crippen LogP contribution in [0.1, 0.15) is 77.3 Å². The lowest BCUT2D eigenvalue weighted by molar-refractivity contribution is 0.123. The largest absolute Gasteiger partial charge is 0.477 e. The van der Waals surface area contributed by atoms with Gasteiger partial charge in [0.05, 0.1) is 24.7 Å². The predicted molar refractivity (Wildman–Crippen MR) is 118 cm³/mol. The van der Waals surface area contributed by atoms with Crippen molar-refractivity contribution >= 4 is 0 Å². The highest BCUT2D eigenvalue weighted by molar-refractivity contribution is 5.56. The Bertz CT molecular complexity index is 644. The van der Waals surface area contributed by atoms with Crippen LogP contribution in [0, 0.1) is 0 Å². The molecule has 5 heteroatoms. The average molecular weight is 400 g/mol. The Morgan fingerprint density at radius 2 is 1.48 bits per heavy atom. The quantitative estimate of drug-likeness (QED) is 0.323. The molecule has 0 fully saturated rings. The fraction of sp³-hybridized carbons (Fsp3) is 0.625. The maximum Gasteiger partial charge on any atom is 0.232 e. The van der Waals surface area contributed by atoms with E-state index in [9.17, 15) is 0 Å². The highest BCUT2D eigenvalue weighted by Crippen LogP contribution is 2.17. The lowest BCUT2D eigenvalue weighted by Gasteiger charge is -2.07. The first-order valence-electron chi connectivity index (χ1n) is 11.3. The molecule has 0 saturated heterocycles. The van der Waals surface area contributed by atoms with Crippen molar-refractivity contribution in [2.24, 2.45) is 0 Å². The van der Waals surface area contributed by atoms with Gasteiger partial charge < -0.3 is 9.47 Å². The zero-order chi connectivity index (χ0) is 20.6. The molecule has 0 radical (unpaired) electrons. The molecule has 2 rings (SSSR count). The monoisotopic (exact) mass is 399 g/mol. The standard InChI is InChI=1S/C24H37N3O2/c1-3-5-7-8-9-12-22-14-13-21(18-25-22)23-19-27-24(20-26-23)29-17-11-10-16-28-15-6-4-2/h13-14,18-20H,3-12,15-17H2,1-2H3. The normalized spacial score (nSPS) is 11.0. The minimum absolute atomic E-state index is 0.567. The number of ether oxygens (including phenoxy) is 2. The minimum atomic E-state index is 0.567. The summed E-state index contributed by atoms with van der Waals surface area (Å²) in [7, 11) is 0. The molecular weight excluding hydrogens is 362 g/mol. The van der Waals surface area contributed by atoms with Crippen molar-refractivity contribution in [2.45, 2.75) is 78.1 Å². The van der Waals surface area contributed by atoms with Gasteiger partial charge in [-0.2, -0.15) is 0 Å². The first kappa shape index (κ1) is 23.3. The van der Waals surface area contributed by atoms with Crippen LogP contribution < -0.4 is 4.74 Å². The van der Waals surface area contributed by atoms with Crippen molar-refractivity contribution in [3.05, 3.63) is 36.4 Å². The van der Waals surface area contributed by atoms with Crippen LogP contribution in [0.15, 0.2) is 30.7 Å². The van der Waals surface area contributed by atoms with Crippen molar-refractivity contribution in [1.29, 1.82) is 0 Å². The molecule has 29 heavy (non-hydrogen) atoms. The summed E-state index contributed by atoms with van der Waals surface area (Å²) >= 11 is 0. The summed E-state index contributed by atoms with van der Waals surface area (Å²) in [5.74, 6) is 0.567. The highest BCUT2D eigenvalue weighted by atomic mass is 16.5. The van der Waals surface area contributed by atoms with E-state index in [2.05, 4.69) is 40.9 Å². The van der Waals surface area contributed by atoms with E-state index in [-0.39, 0.29) is 0 Å². The maximum atomic E-state index is 5.67. The Morgan fingerprint density at radius 1 is 0.690 bits per heavy atom. The van der Waals surface area contributed by atoms with E-state index >= 15 is 0 Å². The van der Waals surface area contributed by atoms with Crippen molar-refractivity contribution in [2.75, 3.05) is 19.8 Å². The molecule has 0 bridgehead atoms. The molecule has 0 amide bonds. The number of nitrogens with zero attached hydrogens (tertiary/aromatic N) is 3. The summed E-state index contributed by atoms with van der Waals surface area (Å²) < 4.78 is 11.2. The summed E-state index contributed by atoms with van der Waals surface area (Å²) in [5, 5.41) is 0. The molecule has 0 atom stereocenters. The fourth-order valence-corrected chi connectivity index (χ4v) is 3.00. The zero-order valence-corrected chi connectivity index (χ0v) is 18.2. The van der Waals surface area contributed by atoms with Crippen molar-refractivity contribution in [3.8, 4) is 17.1 Å². The number of hydrogen-bond acceptors (Lipinski definition) is 5. The highest BCUT2D eigenvalue weighted by Gasteiger charge is 2.03. The van der Waals surface area contributed by atoms with Crippen molar-refractivity contribution in [1.82, 2.24) is 15.0 Å². The fourth-order valence-electron chi connectivity index (χ4n) is 3.00. The summed E-state index contributed by atoms with van der Waals surface area (Å²) in [6.07, 6.45) is 17.1. The van der Waals surface area contributed by atoms with Crippen LogP contribution in [-0.2, 0) is 11.2 Å². The van der Waals surface area contributed by atoms with E-state index in [1.807, 2.05) is 6.20 Å². The molecule has 2 aromatic heterocycles. The van der Waals surface area contributed by atoms with Gasteiger partial charge in [-0.15, -0.1) is 0 Å². The van der Waals surface area contributed by atoms with Gasteiger partial charge >= 0.3 is 0 Å². The SMILES string of the molecule is CCCCCCCc1ccc(-c2cnc(OCCCCOCCCC)cn2)cn1. The van der Waals surface area contributed by atoms with Crippen LogP contribution in [0.2, 0.25) is 0 Å². The van der Waals surface area contributed by atoms with E-state index in [1.165, 1.54) is 38.5 Å². The molecule has 0 spiro atoms. The zero-order valence-electron chi connectivity index (χ0n) is 18.2. The van der Waals surface area contributed by atoms with Crippen molar-refractivity contribution in [3.63, 3.8) is 0 Å². The van der Waals surface area contributed by atoms with Gasteiger partial charge in [0, 0.05) is 30.7 Å². The number of aryl methyl sites for hydroxylation is 1. The Hall–Kier alpha value is -2.01. The smallest absolute Gasteiger partial charge is 0.232 e. The van der Waals surface area contributed by atoms with Gasteiger partial charge in [-0.1, -0.05) is 46.0 Å². The molecule has 2 heterocycles. The summed E-state index contributed by atoms with van der Waals surface area (Å²) in [6, 6.07) is 4.18. The molecule has 160 valence electrons. The topological polar surface area (TPSA) is 57.1 Å². The van der Waals surface area contributed by atoms with Gasteiger partial charge in [-0.25, -0.2) is 9.97 Å². The second-order valence-corrected chi connectivity index (χ2v) is 7.46. The number of unbranched alkanes of at least 4 members (excludes halogenated alkanes) is 6. The van der Waals surface area contributed by atoms with E-state index in [0.29, 0.717) is 12.5 Å². The third-order valence-corrected chi connectivity index (χ3v) is 4.86. The second-order valence-electron chi connectivity index (χ2n) is 7.46. The Morgan fingerprint density at radius 3 is 2.21 bits per heavy atom. The minimum Gasteiger partial charge on any atom is -0.477 e. The number of rotatable bonds is 16. The van der Waals surface area contributed by atoms with Gasteiger partial charge in [-0.3, -0.25) is 4.98 Å². The van der Waals surface area contributed by atoms with Gasteiger partial charge in [0.1, 0.15) is 0 Å². The van der Waals surface area contributed by atoms with Crippen LogP contribution in [0.25, 0.3) is 11.3 Å². The molecule has 0 saturated carbocycles. The molecule has 2 aromatic rings. The lowest BCUT2D eigenvalue weighted by Crippen LogP contribution is -2.03. The van der Waals surface area contributed by atoms with Crippen LogP contribution in [0.4, 0.5) is 0 Å². The van der Waals surface area contributed by atoms with Crippen LogP contribution in [-0.4, -0.2) is 34.8 Å². The molecule has 0 unspecified atom stereocenters. The van der Waals surface area contributed by atoms with Gasteiger partial charge in [-0.05, 0) is 44.2 Å². The van der Waals surface area contributed by atoms with Crippen LogP contribution in [0.3, 0.4) is 0 Å². The summed E-state index contributed by atoms with van der Waals surface area (Å²) in [6.45, 7) is 6.72. The van der Waals surface area contributed by atoms with Crippen molar-refractivity contribution < 1.29 is 9.47 Å².